The summed E-state index contributed by atoms with van der Waals surface area (Å²) in [7, 11) is -1.22. The van der Waals surface area contributed by atoms with E-state index in [-0.39, 0.29) is 6.10 Å². The quantitative estimate of drug-likeness (QED) is 0.754. The zero-order chi connectivity index (χ0) is 11.2. The summed E-state index contributed by atoms with van der Waals surface area (Å²) in [4.78, 5) is 0. The molecule has 0 aliphatic heterocycles. The molecular weight excluding hydrogens is 219 g/mol. The molecule has 0 aliphatic carbocycles. The Morgan fingerprint density at radius 1 is 0.812 bits per heavy atom. The van der Waals surface area contributed by atoms with Crippen LogP contribution in [-0.2, 0) is 9.09 Å². The van der Waals surface area contributed by atoms with E-state index in [2.05, 4.69) is 0 Å². The van der Waals surface area contributed by atoms with Gasteiger partial charge in [-0.3, -0.25) is 4.57 Å². The normalized spacial score (nSPS) is 11.3. The molecule has 0 saturated carbocycles. The molecule has 0 aromatic heterocycles. The van der Waals surface area contributed by atoms with E-state index in [0.29, 0.717) is 0 Å². The first-order valence-electron chi connectivity index (χ1n) is 5.11. The van der Waals surface area contributed by atoms with Gasteiger partial charge in [-0.05, 0) is 11.1 Å². The Kier molecular flexibility index (Phi) is 3.92. The summed E-state index contributed by atoms with van der Waals surface area (Å²) in [5.74, 6) is 0. The molecule has 0 heterocycles. The predicted octanol–water partition coefficient (Wildman–Crippen LogP) is 3.46. The molecule has 2 nitrogen and oxygen atoms in total. The largest absolute Gasteiger partial charge is 0.319 e. The van der Waals surface area contributed by atoms with Crippen molar-refractivity contribution in [3.05, 3.63) is 71.8 Å². The van der Waals surface area contributed by atoms with E-state index < -0.39 is 8.69 Å². The fraction of sp³-hybridized carbons (Fsp3) is 0.0769. The zero-order valence-electron chi connectivity index (χ0n) is 8.74. The molecule has 2 rings (SSSR count). The topological polar surface area (TPSA) is 26.3 Å². The third-order valence-electron chi connectivity index (χ3n) is 2.40. The molecule has 2 aromatic rings. The minimum Gasteiger partial charge on any atom is -0.319 e. The monoisotopic (exact) mass is 232 g/mol. The van der Waals surface area contributed by atoms with Crippen LogP contribution in [0, 0.1) is 0 Å². The van der Waals surface area contributed by atoms with E-state index in [9.17, 15) is 4.57 Å². The van der Waals surface area contributed by atoms with Crippen LogP contribution in [0.15, 0.2) is 60.7 Å². The van der Waals surface area contributed by atoms with Gasteiger partial charge in [-0.15, -0.1) is 0 Å². The third-order valence-corrected chi connectivity index (χ3v) is 2.78. The van der Waals surface area contributed by atoms with Gasteiger partial charge in [-0.2, -0.15) is 0 Å². The predicted molar refractivity (Wildman–Crippen MR) is 66.2 cm³/mol. The van der Waals surface area contributed by atoms with Gasteiger partial charge in [0.2, 0.25) is 0 Å². The van der Waals surface area contributed by atoms with Crippen LogP contribution in [0.25, 0.3) is 0 Å². The van der Waals surface area contributed by atoms with Crippen LogP contribution < -0.4 is 0 Å². The maximum absolute atomic E-state index is 10.7. The van der Waals surface area contributed by atoms with Crippen molar-refractivity contribution in [2.24, 2.45) is 0 Å². The molecule has 2 aromatic carbocycles. The molecule has 0 spiro atoms. The first-order valence-corrected chi connectivity index (χ1v) is 6.05. The van der Waals surface area contributed by atoms with Gasteiger partial charge >= 0.3 is 0 Å². The van der Waals surface area contributed by atoms with Crippen LogP contribution in [-0.4, -0.2) is 0 Å². The lowest BCUT2D eigenvalue weighted by atomic mass is 10.0. The second-order valence-corrected chi connectivity index (χ2v) is 3.90. The molecule has 0 aliphatic rings. The van der Waals surface area contributed by atoms with Gasteiger partial charge in [0.25, 0.3) is 0 Å². The molecule has 0 saturated heterocycles. The van der Waals surface area contributed by atoms with Gasteiger partial charge in [0.15, 0.2) is 8.69 Å². The van der Waals surface area contributed by atoms with Crippen molar-refractivity contribution in [1.82, 2.24) is 0 Å². The highest BCUT2D eigenvalue weighted by Crippen LogP contribution is 2.28. The minimum atomic E-state index is -1.22. The van der Waals surface area contributed by atoms with Crippen LogP contribution in [0.2, 0.25) is 0 Å². The lowest BCUT2D eigenvalue weighted by molar-refractivity contribution is 0.272. The number of hydrogen-bond acceptors (Lipinski definition) is 2. The Labute approximate surface area is 96.2 Å². The molecule has 0 radical (unpaired) electrons. The fourth-order valence-corrected chi connectivity index (χ4v) is 2.09. The van der Waals surface area contributed by atoms with Crippen LogP contribution in [0.3, 0.4) is 0 Å². The van der Waals surface area contributed by atoms with Crippen molar-refractivity contribution in [3.63, 3.8) is 0 Å². The molecule has 1 unspecified atom stereocenters. The van der Waals surface area contributed by atoms with E-state index in [1.165, 1.54) is 0 Å². The lowest BCUT2D eigenvalue weighted by Crippen LogP contribution is -2.00. The van der Waals surface area contributed by atoms with Gasteiger partial charge in [0, 0.05) is 0 Å². The number of benzene rings is 2. The Morgan fingerprint density at radius 2 is 1.25 bits per heavy atom. The van der Waals surface area contributed by atoms with E-state index >= 15 is 0 Å². The van der Waals surface area contributed by atoms with Gasteiger partial charge in [0.1, 0.15) is 6.10 Å². The number of rotatable bonds is 4. The van der Waals surface area contributed by atoms with Crippen LogP contribution in [0.1, 0.15) is 17.2 Å². The van der Waals surface area contributed by atoms with Crippen molar-refractivity contribution >= 4 is 8.69 Å². The smallest absolute Gasteiger partial charge is 0.180 e. The van der Waals surface area contributed by atoms with Crippen LogP contribution >= 0.6 is 8.69 Å². The van der Waals surface area contributed by atoms with E-state index in [0.717, 1.165) is 11.1 Å². The Morgan fingerprint density at radius 3 is 1.62 bits per heavy atom. The maximum atomic E-state index is 10.7. The summed E-state index contributed by atoms with van der Waals surface area (Å²) in [5.41, 5.74) is 2.05. The zero-order valence-corrected chi connectivity index (χ0v) is 9.90. The SMILES string of the molecule is O=[PH2]OC(c1ccccc1)c1ccccc1. The maximum Gasteiger partial charge on any atom is 0.180 e. The van der Waals surface area contributed by atoms with Crippen LogP contribution in [0.4, 0.5) is 0 Å². The van der Waals surface area contributed by atoms with Crippen molar-refractivity contribution in [1.29, 1.82) is 0 Å². The number of hydrogen-bond donors (Lipinski definition) is 0. The molecule has 0 fully saturated rings. The standard InChI is InChI=1S/C13H13O2P/c14-16-15-13(11-7-3-1-4-8-11)12-9-5-2-6-10-12/h1-10,13H,16H2. The van der Waals surface area contributed by atoms with Crippen molar-refractivity contribution in [2.75, 3.05) is 0 Å². The van der Waals surface area contributed by atoms with E-state index in [4.69, 9.17) is 4.52 Å². The summed E-state index contributed by atoms with van der Waals surface area (Å²) < 4.78 is 16.1. The third kappa shape index (κ3) is 2.60. The highest BCUT2D eigenvalue weighted by Gasteiger charge is 2.12. The van der Waals surface area contributed by atoms with Crippen molar-refractivity contribution in [2.45, 2.75) is 6.10 Å². The molecule has 82 valence electrons. The Hall–Kier alpha value is -1.37. The van der Waals surface area contributed by atoms with Gasteiger partial charge in [0.05, 0.1) is 0 Å². The second-order valence-electron chi connectivity index (χ2n) is 3.43. The molecular formula is C13H13O2P. The Balaban J connectivity index is 2.35. The highest BCUT2D eigenvalue weighted by molar-refractivity contribution is 7.17. The van der Waals surface area contributed by atoms with Crippen molar-refractivity contribution in [3.8, 4) is 0 Å². The second kappa shape index (κ2) is 5.64. The molecule has 1 atom stereocenters. The van der Waals surface area contributed by atoms with Crippen molar-refractivity contribution < 1.29 is 9.09 Å². The highest BCUT2D eigenvalue weighted by atomic mass is 31.1. The first kappa shape index (κ1) is 11.1. The van der Waals surface area contributed by atoms with Gasteiger partial charge in [-0.1, -0.05) is 60.7 Å². The molecule has 0 amide bonds. The first-order chi connectivity index (χ1) is 7.92. The average molecular weight is 232 g/mol. The summed E-state index contributed by atoms with van der Waals surface area (Å²) in [6, 6.07) is 19.6. The Bertz CT molecular complexity index is 403. The lowest BCUT2D eigenvalue weighted by Gasteiger charge is -2.15. The summed E-state index contributed by atoms with van der Waals surface area (Å²) >= 11 is 0. The molecule has 3 heteroatoms. The van der Waals surface area contributed by atoms with Crippen LogP contribution in [0.5, 0.6) is 0 Å². The minimum absolute atomic E-state index is 0.227. The van der Waals surface area contributed by atoms with Gasteiger partial charge < -0.3 is 4.52 Å². The summed E-state index contributed by atoms with van der Waals surface area (Å²) in [6.07, 6.45) is -0.227. The van der Waals surface area contributed by atoms with E-state index in [1.807, 2.05) is 60.7 Å². The van der Waals surface area contributed by atoms with Gasteiger partial charge in [-0.25, -0.2) is 0 Å². The average Bonchev–Trinajstić information content (AvgIpc) is 2.38. The molecule has 0 N–H and O–H groups in total. The fourth-order valence-electron chi connectivity index (χ4n) is 1.66. The molecule has 16 heavy (non-hydrogen) atoms. The molecule has 0 bridgehead atoms. The van der Waals surface area contributed by atoms with E-state index in [1.54, 1.807) is 0 Å². The summed E-state index contributed by atoms with van der Waals surface area (Å²) in [5, 5.41) is 0. The summed E-state index contributed by atoms with van der Waals surface area (Å²) in [6.45, 7) is 0.